The molecule has 0 amide bonds. The SMILES string of the molecule is COc1ccc(S(=O)(=O)N(CC(C)C)C[C@@H](O)[C@@H](CC(=O)O[C@@H]2CCCOCOC2)Cc2ccccc2)cc1.COc1ccc(S(=O)(=O)N(CC(C)C)C[C@@H](O)[C@@H](CC(=O)O[C@@H]2CCOCOC2)Cc2ccccc2)cc1.Cc1ccc(S(=O)(=O)N(CC(C)C)C[C@@H](O)[C@@H](CC(=O)O[C@H]2CO[C@H]3OCC[C@H]32)Cc2ccccc2)cc1. The molecule has 4 fully saturated rings. The van der Waals surface area contributed by atoms with Gasteiger partial charge in [0, 0.05) is 70.0 Å². The third-order valence-electron chi connectivity index (χ3n) is 20.1. The molecule has 4 heterocycles. The Balaban J connectivity index is 0.000000216. The van der Waals surface area contributed by atoms with Crippen LogP contribution in [0.25, 0.3) is 0 Å². The van der Waals surface area contributed by atoms with Crippen LogP contribution in [0.3, 0.4) is 0 Å². The third-order valence-corrected chi connectivity index (χ3v) is 25.6. The average molecular weight is 1660 g/mol. The zero-order chi connectivity index (χ0) is 83.1. The van der Waals surface area contributed by atoms with Gasteiger partial charge in [0.1, 0.15) is 43.4 Å². The zero-order valence-corrected chi connectivity index (χ0v) is 70.2. The van der Waals surface area contributed by atoms with E-state index in [0.717, 1.165) is 35.1 Å². The number of aliphatic hydroxyl groups excluding tert-OH is 3. The van der Waals surface area contributed by atoms with Crippen molar-refractivity contribution < 1.29 is 107 Å². The summed E-state index contributed by atoms with van der Waals surface area (Å²) in [4.78, 5) is 39.3. The summed E-state index contributed by atoms with van der Waals surface area (Å²) in [6.45, 7) is 16.4. The molecule has 0 spiro atoms. The molecule has 11 atom stereocenters. The molecule has 10 rings (SSSR count). The fourth-order valence-corrected chi connectivity index (χ4v) is 18.9. The van der Waals surface area contributed by atoms with Crippen molar-refractivity contribution >= 4 is 48.0 Å². The van der Waals surface area contributed by atoms with E-state index in [4.69, 9.17) is 52.1 Å². The molecule has 0 bridgehead atoms. The normalized spacial score (nSPS) is 19.8. The smallest absolute Gasteiger partial charge is 0.306 e. The van der Waals surface area contributed by atoms with Gasteiger partial charge in [0.2, 0.25) is 30.1 Å². The van der Waals surface area contributed by atoms with Crippen LogP contribution < -0.4 is 9.47 Å². The summed E-state index contributed by atoms with van der Waals surface area (Å²) in [5.41, 5.74) is 3.79. The Kier molecular flexibility index (Phi) is 37.9. The molecule has 0 aliphatic carbocycles. The predicted octanol–water partition coefficient (Wildman–Crippen LogP) is 10.5. The number of rotatable bonds is 38. The second-order valence-corrected chi connectivity index (χ2v) is 36.8. The summed E-state index contributed by atoms with van der Waals surface area (Å²) in [6.07, 6.45) is -1.08. The van der Waals surface area contributed by atoms with Gasteiger partial charge in [0.05, 0.1) is 105 Å². The standard InChI is InChI=1S/C29H41NO8S.C29H39NO7S.C28H39NO8S/c1-22(2)18-30(39(33,34)27-13-11-25(35-3)12-14-27)19-28(31)24(16-23-8-5-4-6-9-23)17-29(32)38-26-10-7-15-36-21-37-20-26;1-20(2)17-30(38(33,34)24-11-9-21(3)10-12-24)18-26(31)23(15-22-7-5-4-6-8-22)16-28(32)37-27-19-36-29-25(27)13-14-35-29;1-21(2)17-29(38(32,33)26-11-9-24(34-3)10-12-26)18-27(30)23(15-22-7-5-4-6-8-22)16-28(31)37-25-13-14-35-20-36-19-25/h4-6,8-9,11-14,22,24,26,28,31H,7,10,15-21H2,1-3H3;4-12,20,23,25-27,29,31H,13-19H2,1-3H3;4-12,21,23,25,27,30H,13-20H2,1-3H3/t24-,26-,28-;23-,25+,26-,27+,29-;23-,25-,27-/m111/s1. The highest BCUT2D eigenvalue weighted by Crippen LogP contribution is 2.35. The maximum Gasteiger partial charge on any atom is 0.306 e. The molecular weight excluding hydrogens is 1540 g/mol. The molecule has 26 nitrogen and oxygen atoms in total. The minimum atomic E-state index is -3.91. The number of nitrogens with zero attached hydrogens (tertiary/aromatic N) is 3. The number of carbonyl (C=O) groups excluding carboxylic acids is 3. The summed E-state index contributed by atoms with van der Waals surface area (Å²) in [5, 5.41) is 34.2. The monoisotopic (exact) mass is 1660 g/mol. The Morgan fingerprint density at radius 1 is 0.417 bits per heavy atom. The van der Waals surface area contributed by atoms with Gasteiger partial charge in [-0.15, -0.1) is 0 Å². The molecule has 4 saturated heterocycles. The minimum absolute atomic E-state index is 0.0187. The number of hydrogen-bond acceptors (Lipinski definition) is 23. The number of ether oxygens (including phenoxy) is 11. The number of methoxy groups -OCH3 is 2. The van der Waals surface area contributed by atoms with Crippen molar-refractivity contribution in [2.24, 2.45) is 41.4 Å². The quantitative estimate of drug-likeness (QED) is 0.0239. The first-order valence-electron chi connectivity index (χ1n) is 39.6. The van der Waals surface area contributed by atoms with Crippen LogP contribution in [0.5, 0.6) is 11.5 Å². The van der Waals surface area contributed by atoms with Gasteiger partial charge in [-0.25, -0.2) is 25.3 Å². The van der Waals surface area contributed by atoms with E-state index >= 15 is 0 Å². The van der Waals surface area contributed by atoms with Gasteiger partial charge in [0.25, 0.3) is 0 Å². The Labute approximate surface area is 680 Å². The highest BCUT2D eigenvalue weighted by Gasteiger charge is 2.45. The van der Waals surface area contributed by atoms with E-state index < -0.39 is 90.1 Å². The zero-order valence-electron chi connectivity index (χ0n) is 67.7. The summed E-state index contributed by atoms with van der Waals surface area (Å²) >= 11 is 0. The Hall–Kier alpha value is -7.30. The molecule has 6 aromatic rings. The van der Waals surface area contributed by atoms with Gasteiger partial charge in [-0.1, -0.05) is 150 Å². The molecule has 29 heteroatoms. The van der Waals surface area contributed by atoms with Crippen molar-refractivity contribution in [3.63, 3.8) is 0 Å². The number of benzene rings is 6. The fraction of sp³-hybridized carbons (Fsp3) is 0.547. The largest absolute Gasteiger partial charge is 0.497 e. The number of fused-ring (bicyclic) bond motifs is 1. The lowest BCUT2D eigenvalue weighted by atomic mass is 9.90. The maximum atomic E-state index is 13.6. The third kappa shape index (κ3) is 30.2. The van der Waals surface area contributed by atoms with Crippen LogP contribution >= 0.6 is 0 Å². The van der Waals surface area contributed by atoms with Crippen molar-refractivity contribution in [3.05, 3.63) is 186 Å². The molecule has 0 aromatic heterocycles. The molecule has 0 unspecified atom stereocenters. The predicted molar refractivity (Wildman–Crippen MR) is 432 cm³/mol. The number of carbonyl (C=O) groups is 3. The van der Waals surface area contributed by atoms with Crippen LogP contribution in [0.2, 0.25) is 0 Å². The van der Waals surface area contributed by atoms with E-state index in [1.54, 1.807) is 48.5 Å². The fourth-order valence-electron chi connectivity index (χ4n) is 14.0. The van der Waals surface area contributed by atoms with Gasteiger partial charge in [-0.3, -0.25) is 14.4 Å². The Bertz CT molecular complexity index is 4190. The van der Waals surface area contributed by atoms with Crippen LogP contribution in [0.4, 0.5) is 0 Å². The van der Waals surface area contributed by atoms with Crippen LogP contribution in [0.1, 0.15) is 109 Å². The van der Waals surface area contributed by atoms with Crippen molar-refractivity contribution in [2.75, 3.05) is 107 Å². The van der Waals surface area contributed by atoms with Gasteiger partial charge in [0.15, 0.2) is 6.29 Å². The topological polar surface area (TPSA) is 326 Å². The minimum Gasteiger partial charge on any atom is -0.497 e. The van der Waals surface area contributed by atoms with E-state index in [-0.39, 0.29) is 142 Å². The molecule has 4 aliphatic rings. The van der Waals surface area contributed by atoms with E-state index in [1.165, 1.54) is 51.4 Å². The Morgan fingerprint density at radius 2 is 0.774 bits per heavy atom. The van der Waals surface area contributed by atoms with E-state index in [0.29, 0.717) is 70.0 Å². The first-order valence-corrected chi connectivity index (χ1v) is 44.0. The number of sulfonamides is 3. The number of hydrogen-bond donors (Lipinski definition) is 3. The second-order valence-electron chi connectivity index (χ2n) is 31.0. The number of esters is 3. The van der Waals surface area contributed by atoms with Gasteiger partial charge in [-0.05, 0) is 141 Å². The lowest BCUT2D eigenvalue weighted by Crippen LogP contribution is -2.43. The van der Waals surface area contributed by atoms with Crippen LogP contribution in [-0.4, -0.2) is 221 Å². The second kappa shape index (κ2) is 46.7. The molecule has 115 heavy (non-hydrogen) atoms. The molecule has 0 radical (unpaired) electrons. The van der Waals surface area contributed by atoms with Crippen molar-refractivity contribution in [1.82, 2.24) is 12.9 Å². The molecule has 3 N–H and O–H groups in total. The van der Waals surface area contributed by atoms with E-state index in [2.05, 4.69) is 0 Å². The molecule has 634 valence electrons. The van der Waals surface area contributed by atoms with Gasteiger partial charge < -0.3 is 67.4 Å². The Morgan fingerprint density at radius 3 is 1.15 bits per heavy atom. The van der Waals surface area contributed by atoms with Crippen LogP contribution in [0, 0.1) is 48.3 Å². The highest BCUT2D eigenvalue weighted by atomic mass is 32.2. The lowest BCUT2D eigenvalue weighted by molar-refractivity contribution is -0.162. The van der Waals surface area contributed by atoms with Gasteiger partial charge in [-0.2, -0.15) is 12.9 Å². The number of aryl methyl sites for hydroxylation is 1. The van der Waals surface area contributed by atoms with Crippen LogP contribution in [0.15, 0.2) is 178 Å². The van der Waals surface area contributed by atoms with Crippen molar-refractivity contribution in [2.45, 2.75) is 170 Å². The van der Waals surface area contributed by atoms with Crippen molar-refractivity contribution in [3.8, 4) is 11.5 Å². The summed E-state index contributed by atoms with van der Waals surface area (Å²) < 4.78 is 145. The first-order chi connectivity index (χ1) is 55.0. The van der Waals surface area contributed by atoms with Gasteiger partial charge >= 0.3 is 17.9 Å². The molecule has 4 aliphatic heterocycles. The lowest BCUT2D eigenvalue weighted by Gasteiger charge is -2.30. The van der Waals surface area contributed by atoms with E-state index in [1.807, 2.05) is 139 Å². The first kappa shape index (κ1) is 93.2. The van der Waals surface area contributed by atoms with E-state index in [9.17, 15) is 55.0 Å². The summed E-state index contributed by atoms with van der Waals surface area (Å²) in [7, 11) is -8.63. The van der Waals surface area contributed by atoms with Crippen LogP contribution in [-0.2, 0) is 106 Å². The molecule has 0 saturated carbocycles. The molecule has 6 aromatic carbocycles. The average Bonchev–Trinajstić information content (AvgIpc) is 1.32. The summed E-state index contributed by atoms with van der Waals surface area (Å²) in [6, 6.07) is 47.7. The maximum absolute atomic E-state index is 13.6. The summed E-state index contributed by atoms with van der Waals surface area (Å²) in [5.74, 6) is -1.79. The highest BCUT2D eigenvalue weighted by molar-refractivity contribution is 7.89. The number of aliphatic hydroxyl groups is 3. The molecular formula is C86H119N3O23S3. The van der Waals surface area contributed by atoms with Crippen molar-refractivity contribution in [1.29, 1.82) is 0 Å².